The first-order valence-electron chi connectivity index (χ1n) is 12.0. The topological polar surface area (TPSA) is 69.9 Å². The fourth-order valence-electron chi connectivity index (χ4n) is 4.90. The van der Waals surface area contributed by atoms with E-state index in [4.69, 9.17) is 4.74 Å². The summed E-state index contributed by atoms with van der Waals surface area (Å²) in [6, 6.07) is 29.3. The molecule has 1 aliphatic heterocycles. The van der Waals surface area contributed by atoms with Gasteiger partial charge in [0.2, 0.25) is 0 Å². The third-order valence-electron chi connectivity index (χ3n) is 6.72. The number of hydrogen-bond acceptors (Lipinski definition) is 5. The van der Waals surface area contributed by atoms with Crippen LogP contribution in [0.3, 0.4) is 0 Å². The molecular formula is C29H34O4S. The third-order valence-corrected chi connectivity index (χ3v) is 7.86. The second-order valence-electron chi connectivity index (χ2n) is 9.20. The summed E-state index contributed by atoms with van der Waals surface area (Å²) in [5.74, 6) is 0.713. The number of rotatable bonds is 9. The number of aliphatic hydroxyl groups is 3. The maximum absolute atomic E-state index is 12.2. The van der Waals surface area contributed by atoms with E-state index in [0.717, 1.165) is 16.7 Å². The van der Waals surface area contributed by atoms with Crippen molar-refractivity contribution < 1.29 is 20.1 Å². The number of thioether (sulfide) groups is 1. The molecule has 5 heteroatoms. The van der Waals surface area contributed by atoms with Crippen LogP contribution in [0.15, 0.2) is 91.0 Å². The van der Waals surface area contributed by atoms with E-state index >= 15 is 0 Å². The van der Waals surface area contributed by atoms with Crippen LogP contribution in [-0.4, -0.2) is 49.9 Å². The highest BCUT2D eigenvalue weighted by Crippen LogP contribution is 2.46. The molecule has 4 nitrogen and oxygen atoms in total. The molecule has 0 spiro atoms. The molecule has 5 atom stereocenters. The van der Waals surface area contributed by atoms with Gasteiger partial charge in [0.15, 0.2) is 0 Å². The molecule has 0 aliphatic carbocycles. The first-order chi connectivity index (χ1) is 16.4. The van der Waals surface area contributed by atoms with Gasteiger partial charge in [0, 0.05) is 25.7 Å². The van der Waals surface area contributed by atoms with E-state index in [1.54, 1.807) is 0 Å². The van der Waals surface area contributed by atoms with Crippen molar-refractivity contribution in [2.45, 2.75) is 61.5 Å². The minimum Gasteiger partial charge on any atom is -0.390 e. The Morgan fingerprint density at radius 1 is 0.824 bits per heavy atom. The minimum absolute atomic E-state index is 0.139. The Labute approximate surface area is 206 Å². The standard InChI is InChI=1S/C29H34O4S/c1-2-34-27-29(32,20-24-16-10-5-11-17-24)28(31,19-23-14-8-4-9-15-23)21-26(33-27)25(30)18-22-12-6-3-7-13-22/h3-17,25-27,30-32H,2,18-21H2,1H3/t25?,26-,27-,28-,29-/m0/s1. The van der Waals surface area contributed by atoms with Crippen LogP contribution < -0.4 is 0 Å². The van der Waals surface area contributed by atoms with E-state index in [-0.39, 0.29) is 19.3 Å². The lowest BCUT2D eigenvalue weighted by Crippen LogP contribution is -2.69. The largest absolute Gasteiger partial charge is 0.390 e. The zero-order valence-corrected chi connectivity index (χ0v) is 20.4. The van der Waals surface area contributed by atoms with Crippen molar-refractivity contribution in [3.8, 4) is 0 Å². The summed E-state index contributed by atoms with van der Waals surface area (Å²) in [5.41, 5.74) is -0.823. The summed E-state index contributed by atoms with van der Waals surface area (Å²) in [7, 11) is 0. The number of aliphatic hydroxyl groups excluding tert-OH is 1. The van der Waals surface area contributed by atoms with E-state index < -0.39 is 28.8 Å². The molecule has 0 saturated carbocycles. The molecule has 0 bridgehead atoms. The molecular weight excluding hydrogens is 444 g/mol. The van der Waals surface area contributed by atoms with Gasteiger partial charge in [0.25, 0.3) is 0 Å². The van der Waals surface area contributed by atoms with Gasteiger partial charge in [-0.1, -0.05) is 97.9 Å². The normalized spacial score (nSPS) is 27.9. The molecule has 1 fully saturated rings. The third kappa shape index (κ3) is 5.56. The molecule has 3 N–H and O–H groups in total. The Bertz CT molecular complexity index is 1020. The van der Waals surface area contributed by atoms with E-state index in [2.05, 4.69) is 0 Å². The van der Waals surface area contributed by atoms with Crippen LogP contribution >= 0.6 is 11.8 Å². The lowest BCUT2D eigenvalue weighted by molar-refractivity contribution is -0.261. The lowest BCUT2D eigenvalue weighted by Gasteiger charge is -2.54. The highest BCUT2D eigenvalue weighted by atomic mass is 32.2. The molecule has 1 saturated heterocycles. The van der Waals surface area contributed by atoms with Gasteiger partial charge in [0.1, 0.15) is 16.6 Å². The molecule has 0 amide bonds. The Morgan fingerprint density at radius 2 is 1.32 bits per heavy atom. The maximum Gasteiger partial charge on any atom is 0.135 e. The summed E-state index contributed by atoms with van der Waals surface area (Å²) in [6.45, 7) is 2.01. The van der Waals surface area contributed by atoms with Crippen LogP contribution in [-0.2, 0) is 24.0 Å². The Hall–Kier alpha value is -2.15. The lowest BCUT2D eigenvalue weighted by atomic mass is 9.69. The maximum atomic E-state index is 12.2. The number of hydrogen-bond donors (Lipinski definition) is 3. The van der Waals surface area contributed by atoms with Crippen molar-refractivity contribution >= 4 is 11.8 Å². The van der Waals surface area contributed by atoms with Crippen molar-refractivity contribution in [3.63, 3.8) is 0 Å². The van der Waals surface area contributed by atoms with Crippen molar-refractivity contribution in [2.75, 3.05) is 5.75 Å². The van der Waals surface area contributed by atoms with Crippen molar-refractivity contribution in [2.24, 2.45) is 0 Å². The second-order valence-corrected chi connectivity index (χ2v) is 10.5. The second kappa shape index (κ2) is 11.1. The molecule has 4 rings (SSSR count). The number of benzene rings is 3. The van der Waals surface area contributed by atoms with Gasteiger partial charge in [-0.2, -0.15) is 0 Å². The predicted molar refractivity (Wildman–Crippen MR) is 138 cm³/mol. The SMILES string of the molecule is CCS[C@@H]1O[C@H](C(O)Cc2ccccc2)C[C@@](O)(Cc2ccccc2)[C@]1(O)Cc1ccccc1. The van der Waals surface area contributed by atoms with Crippen LogP contribution in [0.1, 0.15) is 30.0 Å². The van der Waals surface area contributed by atoms with Crippen LogP contribution in [0.4, 0.5) is 0 Å². The molecule has 3 aromatic carbocycles. The van der Waals surface area contributed by atoms with Crippen LogP contribution in [0.5, 0.6) is 0 Å². The Kier molecular flexibility index (Phi) is 8.12. The molecule has 0 aromatic heterocycles. The average molecular weight is 479 g/mol. The van der Waals surface area contributed by atoms with Crippen LogP contribution in [0.25, 0.3) is 0 Å². The zero-order valence-electron chi connectivity index (χ0n) is 19.6. The molecule has 1 unspecified atom stereocenters. The number of ether oxygens (including phenoxy) is 1. The molecule has 180 valence electrons. The highest BCUT2D eigenvalue weighted by Gasteiger charge is 2.60. The van der Waals surface area contributed by atoms with E-state index in [1.165, 1.54) is 11.8 Å². The van der Waals surface area contributed by atoms with Gasteiger partial charge in [-0.05, 0) is 22.4 Å². The quantitative estimate of drug-likeness (QED) is 0.425. The summed E-state index contributed by atoms with van der Waals surface area (Å²) >= 11 is 1.48. The Balaban J connectivity index is 1.68. The smallest absolute Gasteiger partial charge is 0.135 e. The van der Waals surface area contributed by atoms with Gasteiger partial charge in [-0.15, -0.1) is 11.8 Å². The van der Waals surface area contributed by atoms with Crippen LogP contribution in [0.2, 0.25) is 0 Å². The van der Waals surface area contributed by atoms with E-state index in [1.807, 2.05) is 97.9 Å². The summed E-state index contributed by atoms with van der Waals surface area (Å²) in [6.07, 6.45) is -0.306. The molecule has 34 heavy (non-hydrogen) atoms. The molecule has 3 aromatic rings. The van der Waals surface area contributed by atoms with Gasteiger partial charge in [0.05, 0.1) is 12.2 Å². The highest BCUT2D eigenvalue weighted by molar-refractivity contribution is 7.99. The fourth-order valence-corrected chi connectivity index (χ4v) is 6.01. The summed E-state index contributed by atoms with van der Waals surface area (Å²) < 4.78 is 6.38. The molecule has 1 heterocycles. The molecule has 0 radical (unpaired) electrons. The van der Waals surface area contributed by atoms with Crippen LogP contribution in [0, 0.1) is 0 Å². The van der Waals surface area contributed by atoms with E-state index in [0.29, 0.717) is 12.2 Å². The van der Waals surface area contributed by atoms with Gasteiger partial charge in [-0.3, -0.25) is 0 Å². The molecule has 1 aliphatic rings. The van der Waals surface area contributed by atoms with Gasteiger partial charge >= 0.3 is 0 Å². The minimum atomic E-state index is -1.53. The summed E-state index contributed by atoms with van der Waals surface area (Å²) in [5, 5.41) is 35.6. The monoisotopic (exact) mass is 478 g/mol. The average Bonchev–Trinajstić information content (AvgIpc) is 2.84. The van der Waals surface area contributed by atoms with Crippen molar-refractivity contribution in [3.05, 3.63) is 108 Å². The van der Waals surface area contributed by atoms with Crippen molar-refractivity contribution in [1.82, 2.24) is 0 Å². The fraction of sp³-hybridized carbons (Fsp3) is 0.379. The predicted octanol–water partition coefficient (Wildman–Crippen LogP) is 4.41. The Morgan fingerprint density at radius 3 is 1.85 bits per heavy atom. The first-order valence-corrected chi connectivity index (χ1v) is 13.0. The first kappa shape index (κ1) is 25.0. The van der Waals surface area contributed by atoms with Gasteiger partial charge < -0.3 is 20.1 Å². The summed E-state index contributed by atoms with van der Waals surface area (Å²) in [4.78, 5) is 0. The zero-order chi connectivity index (χ0) is 24.0. The van der Waals surface area contributed by atoms with E-state index in [9.17, 15) is 15.3 Å². The van der Waals surface area contributed by atoms with Gasteiger partial charge in [-0.25, -0.2) is 0 Å². The van der Waals surface area contributed by atoms with Crippen molar-refractivity contribution in [1.29, 1.82) is 0 Å².